The second kappa shape index (κ2) is 5.54. The third kappa shape index (κ3) is 2.61. The van der Waals surface area contributed by atoms with Gasteiger partial charge in [-0.25, -0.2) is 4.98 Å². The summed E-state index contributed by atoms with van der Waals surface area (Å²) in [5.74, 6) is 0.908. The summed E-state index contributed by atoms with van der Waals surface area (Å²) in [4.78, 5) is 19.0. The highest BCUT2D eigenvalue weighted by atomic mass is 16.2. The number of carbonyl (C=O) groups is 1. The van der Waals surface area contributed by atoms with E-state index in [1.54, 1.807) is 11.9 Å². The molecule has 23 heavy (non-hydrogen) atoms. The second-order valence-electron chi connectivity index (χ2n) is 6.05. The SMILES string of the molecule is Cc1ccc(N(C)C(=O)c2ccc3c(c2)nc(C)n3C)cc1C. The summed E-state index contributed by atoms with van der Waals surface area (Å²) in [7, 11) is 3.79. The van der Waals surface area contributed by atoms with E-state index in [4.69, 9.17) is 0 Å². The van der Waals surface area contributed by atoms with Gasteiger partial charge in [-0.3, -0.25) is 4.79 Å². The van der Waals surface area contributed by atoms with Crippen molar-refractivity contribution in [1.82, 2.24) is 9.55 Å². The van der Waals surface area contributed by atoms with E-state index in [2.05, 4.69) is 18.8 Å². The molecule has 3 aromatic rings. The van der Waals surface area contributed by atoms with Crippen LogP contribution in [0.3, 0.4) is 0 Å². The standard InChI is InChI=1S/C19H21N3O/c1-12-6-8-16(10-13(12)2)22(5)19(23)15-7-9-18-17(11-15)20-14(3)21(18)4/h6-11H,1-5H3. The largest absolute Gasteiger partial charge is 0.331 e. The Morgan fingerprint density at radius 2 is 1.78 bits per heavy atom. The van der Waals surface area contributed by atoms with Gasteiger partial charge >= 0.3 is 0 Å². The summed E-state index contributed by atoms with van der Waals surface area (Å²) >= 11 is 0. The van der Waals surface area contributed by atoms with Crippen molar-refractivity contribution in [3.63, 3.8) is 0 Å². The Hall–Kier alpha value is -2.62. The van der Waals surface area contributed by atoms with Gasteiger partial charge in [-0.1, -0.05) is 6.07 Å². The molecule has 118 valence electrons. The van der Waals surface area contributed by atoms with Gasteiger partial charge < -0.3 is 9.47 Å². The average molecular weight is 307 g/mol. The number of benzene rings is 2. The molecular weight excluding hydrogens is 286 g/mol. The molecule has 0 bridgehead atoms. The number of amides is 1. The Morgan fingerprint density at radius 1 is 1.04 bits per heavy atom. The normalized spacial score (nSPS) is 11.0. The molecule has 4 nitrogen and oxygen atoms in total. The molecule has 0 aliphatic heterocycles. The summed E-state index contributed by atoms with van der Waals surface area (Å²) in [6, 6.07) is 11.7. The fraction of sp³-hybridized carbons (Fsp3) is 0.263. The molecule has 4 heteroatoms. The van der Waals surface area contributed by atoms with Crippen LogP contribution in [0.5, 0.6) is 0 Å². The van der Waals surface area contributed by atoms with Crippen LogP contribution in [0.25, 0.3) is 11.0 Å². The van der Waals surface area contributed by atoms with Crippen LogP contribution in [0.2, 0.25) is 0 Å². The Bertz CT molecular complexity index is 908. The molecule has 1 amide bonds. The van der Waals surface area contributed by atoms with Gasteiger partial charge in [0.05, 0.1) is 11.0 Å². The van der Waals surface area contributed by atoms with Crippen molar-refractivity contribution in [3.8, 4) is 0 Å². The zero-order valence-corrected chi connectivity index (χ0v) is 14.2. The minimum atomic E-state index is -0.0292. The molecule has 1 heterocycles. The van der Waals surface area contributed by atoms with Gasteiger partial charge in [-0.15, -0.1) is 0 Å². The number of aromatic nitrogens is 2. The maximum atomic E-state index is 12.8. The van der Waals surface area contributed by atoms with Crippen molar-refractivity contribution in [3.05, 3.63) is 58.9 Å². The molecule has 0 unspecified atom stereocenters. The number of imidazole rings is 1. The lowest BCUT2D eigenvalue weighted by atomic mass is 10.1. The maximum Gasteiger partial charge on any atom is 0.258 e. The number of hydrogen-bond acceptors (Lipinski definition) is 2. The van der Waals surface area contributed by atoms with Gasteiger partial charge in [-0.2, -0.15) is 0 Å². The Kier molecular flexibility index (Phi) is 3.68. The topological polar surface area (TPSA) is 38.1 Å². The van der Waals surface area contributed by atoms with Crippen LogP contribution in [0.15, 0.2) is 36.4 Å². The van der Waals surface area contributed by atoms with Crippen LogP contribution in [0.1, 0.15) is 27.3 Å². The number of anilines is 1. The Balaban J connectivity index is 1.97. The molecule has 0 fully saturated rings. The van der Waals surface area contributed by atoms with Crippen molar-refractivity contribution >= 4 is 22.6 Å². The number of aryl methyl sites for hydroxylation is 4. The fourth-order valence-electron chi connectivity index (χ4n) is 2.70. The highest BCUT2D eigenvalue weighted by Crippen LogP contribution is 2.22. The number of fused-ring (bicyclic) bond motifs is 1. The van der Waals surface area contributed by atoms with Crippen molar-refractivity contribution in [2.45, 2.75) is 20.8 Å². The van der Waals surface area contributed by atoms with E-state index >= 15 is 0 Å². The number of carbonyl (C=O) groups excluding carboxylic acids is 1. The van der Waals surface area contributed by atoms with Crippen molar-refractivity contribution < 1.29 is 4.79 Å². The lowest BCUT2D eigenvalue weighted by Gasteiger charge is -2.18. The van der Waals surface area contributed by atoms with Crippen LogP contribution < -0.4 is 4.90 Å². The number of hydrogen-bond donors (Lipinski definition) is 0. The van der Waals surface area contributed by atoms with E-state index in [0.29, 0.717) is 5.56 Å². The first-order chi connectivity index (χ1) is 10.9. The summed E-state index contributed by atoms with van der Waals surface area (Å²) in [6.45, 7) is 6.08. The van der Waals surface area contributed by atoms with Crippen molar-refractivity contribution in [2.24, 2.45) is 7.05 Å². The molecular formula is C19H21N3O. The average Bonchev–Trinajstić information content (AvgIpc) is 2.82. The van der Waals surface area contributed by atoms with Gasteiger partial charge in [-0.05, 0) is 62.2 Å². The molecule has 0 spiro atoms. The number of nitrogens with zero attached hydrogens (tertiary/aromatic N) is 3. The lowest BCUT2D eigenvalue weighted by Crippen LogP contribution is -2.26. The van der Waals surface area contributed by atoms with E-state index in [9.17, 15) is 4.79 Å². The lowest BCUT2D eigenvalue weighted by molar-refractivity contribution is 0.0993. The molecule has 0 aliphatic rings. The fourth-order valence-corrected chi connectivity index (χ4v) is 2.70. The highest BCUT2D eigenvalue weighted by molar-refractivity contribution is 6.07. The zero-order valence-electron chi connectivity index (χ0n) is 14.2. The van der Waals surface area contributed by atoms with Crippen LogP contribution in [0, 0.1) is 20.8 Å². The summed E-state index contributed by atoms with van der Waals surface area (Å²) in [5.41, 5.74) is 5.84. The minimum Gasteiger partial charge on any atom is -0.331 e. The number of rotatable bonds is 2. The van der Waals surface area contributed by atoms with Crippen molar-refractivity contribution in [1.29, 1.82) is 0 Å². The van der Waals surface area contributed by atoms with E-state index in [-0.39, 0.29) is 5.91 Å². The van der Waals surface area contributed by atoms with E-state index < -0.39 is 0 Å². The van der Waals surface area contributed by atoms with Gasteiger partial charge in [0.2, 0.25) is 0 Å². The molecule has 0 radical (unpaired) electrons. The molecule has 0 N–H and O–H groups in total. The predicted octanol–water partition coefficient (Wildman–Crippen LogP) is 3.78. The molecule has 0 aliphatic carbocycles. The first-order valence-corrected chi connectivity index (χ1v) is 7.67. The third-order valence-corrected chi connectivity index (χ3v) is 4.53. The Labute approximate surface area is 136 Å². The van der Waals surface area contributed by atoms with Gasteiger partial charge in [0.1, 0.15) is 5.82 Å². The van der Waals surface area contributed by atoms with Crippen LogP contribution in [-0.2, 0) is 7.05 Å². The second-order valence-corrected chi connectivity index (χ2v) is 6.05. The molecule has 2 aromatic carbocycles. The summed E-state index contributed by atoms with van der Waals surface area (Å²) < 4.78 is 2.02. The molecule has 0 atom stereocenters. The maximum absolute atomic E-state index is 12.8. The van der Waals surface area contributed by atoms with E-state index in [1.807, 2.05) is 54.9 Å². The van der Waals surface area contributed by atoms with E-state index in [1.165, 1.54) is 11.1 Å². The monoisotopic (exact) mass is 307 g/mol. The molecule has 1 aromatic heterocycles. The predicted molar refractivity (Wildman–Crippen MR) is 94.1 cm³/mol. The summed E-state index contributed by atoms with van der Waals surface area (Å²) in [5, 5.41) is 0. The van der Waals surface area contributed by atoms with Gasteiger partial charge in [0, 0.05) is 25.3 Å². The highest BCUT2D eigenvalue weighted by Gasteiger charge is 2.15. The van der Waals surface area contributed by atoms with Gasteiger partial charge in [0.25, 0.3) is 5.91 Å². The van der Waals surface area contributed by atoms with E-state index in [0.717, 1.165) is 22.5 Å². The van der Waals surface area contributed by atoms with Gasteiger partial charge in [0.15, 0.2) is 0 Å². The molecule has 0 saturated heterocycles. The zero-order chi connectivity index (χ0) is 16.7. The smallest absolute Gasteiger partial charge is 0.258 e. The first-order valence-electron chi connectivity index (χ1n) is 7.67. The summed E-state index contributed by atoms with van der Waals surface area (Å²) in [6.07, 6.45) is 0. The molecule has 3 rings (SSSR count). The quantitative estimate of drug-likeness (QED) is 0.722. The first kappa shape index (κ1) is 15.3. The minimum absolute atomic E-state index is 0.0292. The van der Waals surface area contributed by atoms with Crippen LogP contribution in [-0.4, -0.2) is 22.5 Å². The molecule has 0 saturated carbocycles. The van der Waals surface area contributed by atoms with Crippen LogP contribution >= 0.6 is 0 Å². The van der Waals surface area contributed by atoms with Crippen LogP contribution in [0.4, 0.5) is 5.69 Å². The Morgan fingerprint density at radius 3 is 2.48 bits per heavy atom. The third-order valence-electron chi connectivity index (χ3n) is 4.53. The van der Waals surface area contributed by atoms with Crippen molar-refractivity contribution in [2.75, 3.05) is 11.9 Å².